The molecule has 0 aromatic heterocycles. The summed E-state index contributed by atoms with van der Waals surface area (Å²) in [4.78, 5) is 2.54. The quantitative estimate of drug-likeness (QED) is 0.679. The fourth-order valence-corrected chi connectivity index (χ4v) is 1.94. The van der Waals surface area contributed by atoms with Crippen LogP contribution in [0.2, 0.25) is 0 Å². The van der Waals surface area contributed by atoms with Gasteiger partial charge in [-0.15, -0.1) is 0 Å². The molecule has 0 bridgehead atoms. The maximum Gasteiger partial charge on any atom is 0.00509 e. The van der Waals surface area contributed by atoms with E-state index in [0.29, 0.717) is 12.1 Å². The maximum atomic E-state index is 5.90. The summed E-state index contributed by atoms with van der Waals surface area (Å²) < 4.78 is 0. The van der Waals surface area contributed by atoms with E-state index < -0.39 is 0 Å². The van der Waals surface area contributed by atoms with Crippen molar-refractivity contribution in [2.24, 2.45) is 11.7 Å². The van der Waals surface area contributed by atoms with Crippen LogP contribution in [-0.2, 0) is 0 Å². The van der Waals surface area contributed by atoms with Crippen LogP contribution in [0, 0.1) is 5.92 Å². The molecule has 2 atom stereocenters. The summed E-state index contributed by atoms with van der Waals surface area (Å²) in [5.74, 6) is 0.723. The van der Waals surface area contributed by atoms with Crippen molar-refractivity contribution >= 4 is 0 Å². The minimum absolute atomic E-state index is 0.367. The van der Waals surface area contributed by atoms with Crippen molar-refractivity contribution in [3.63, 3.8) is 0 Å². The van der Waals surface area contributed by atoms with Gasteiger partial charge in [-0.05, 0) is 46.1 Å². The van der Waals surface area contributed by atoms with Crippen LogP contribution in [0.5, 0.6) is 0 Å². The summed E-state index contributed by atoms with van der Waals surface area (Å²) in [5, 5.41) is 0. The number of rotatable bonds is 2. The van der Waals surface area contributed by atoms with Crippen molar-refractivity contribution in [1.82, 2.24) is 4.90 Å². The molecule has 0 radical (unpaired) electrons. The van der Waals surface area contributed by atoms with Crippen LogP contribution < -0.4 is 5.73 Å². The van der Waals surface area contributed by atoms with E-state index in [1.807, 2.05) is 0 Å². The summed E-state index contributed by atoms with van der Waals surface area (Å²) in [6, 6.07) is 1.05. The third-order valence-electron chi connectivity index (χ3n) is 2.96. The molecule has 0 saturated carbocycles. The van der Waals surface area contributed by atoms with Crippen LogP contribution in [0.1, 0.15) is 33.6 Å². The zero-order valence-corrected chi connectivity index (χ0v) is 8.59. The van der Waals surface area contributed by atoms with Gasteiger partial charge in [0.1, 0.15) is 0 Å². The lowest BCUT2D eigenvalue weighted by atomic mass is 9.91. The number of likely N-dealkylation sites (tertiary alicyclic amines) is 1. The summed E-state index contributed by atoms with van der Waals surface area (Å²) >= 11 is 0. The van der Waals surface area contributed by atoms with E-state index in [2.05, 4.69) is 25.7 Å². The second kappa shape index (κ2) is 4.24. The van der Waals surface area contributed by atoms with Gasteiger partial charge >= 0.3 is 0 Å². The third-order valence-corrected chi connectivity index (χ3v) is 2.96. The Hall–Kier alpha value is -0.0800. The molecule has 0 aromatic rings. The Morgan fingerprint density at radius 3 is 2.50 bits per heavy atom. The number of hydrogen-bond donors (Lipinski definition) is 1. The fraction of sp³-hybridized carbons (Fsp3) is 1.00. The lowest BCUT2D eigenvalue weighted by Crippen LogP contribution is -2.45. The van der Waals surface area contributed by atoms with Crippen LogP contribution in [0.4, 0.5) is 0 Å². The highest BCUT2D eigenvalue weighted by atomic mass is 15.2. The van der Waals surface area contributed by atoms with Crippen molar-refractivity contribution < 1.29 is 0 Å². The summed E-state index contributed by atoms with van der Waals surface area (Å²) in [6.07, 6.45) is 2.64. The van der Waals surface area contributed by atoms with Gasteiger partial charge in [0.05, 0.1) is 0 Å². The monoisotopic (exact) mass is 170 g/mol. The molecule has 1 aliphatic rings. The van der Waals surface area contributed by atoms with Crippen molar-refractivity contribution in [2.75, 3.05) is 13.1 Å². The Morgan fingerprint density at radius 1 is 1.33 bits per heavy atom. The summed E-state index contributed by atoms with van der Waals surface area (Å²) in [5.41, 5.74) is 5.90. The number of hydrogen-bond acceptors (Lipinski definition) is 2. The van der Waals surface area contributed by atoms with Gasteiger partial charge in [-0.1, -0.05) is 0 Å². The first-order chi connectivity index (χ1) is 5.61. The van der Waals surface area contributed by atoms with E-state index in [1.165, 1.54) is 25.9 Å². The zero-order chi connectivity index (χ0) is 9.14. The highest BCUT2D eigenvalue weighted by molar-refractivity contribution is 4.79. The van der Waals surface area contributed by atoms with Crippen LogP contribution >= 0.6 is 0 Å². The van der Waals surface area contributed by atoms with Crippen LogP contribution in [-0.4, -0.2) is 30.1 Å². The molecule has 72 valence electrons. The second-order valence-electron chi connectivity index (χ2n) is 4.35. The molecule has 2 heteroatoms. The molecular weight excluding hydrogens is 148 g/mol. The van der Waals surface area contributed by atoms with Crippen molar-refractivity contribution in [1.29, 1.82) is 0 Å². The smallest absolute Gasteiger partial charge is 0.00509 e. The van der Waals surface area contributed by atoms with Gasteiger partial charge in [-0.3, -0.25) is 0 Å². The molecule has 12 heavy (non-hydrogen) atoms. The molecule has 0 spiro atoms. The van der Waals surface area contributed by atoms with E-state index >= 15 is 0 Å². The first kappa shape index (κ1) is 10.0. The molecule has 0 amide bonds. The Bertz CT molecular complexity index is 118. The van der Waals surface area contributed by atoms with Crippen molar-refractivity contribution in [3.8, 4) is 0 Å². The molecule has 1 fully saturated rings. The third kappa shape index (κ3) is 2.46. The molecule has 2 unspecified atom stereocenters. The second-order valence-corrected chi connectivity index (χ2v) is 4.35. The fourth-order valence-electron chi connectivity index (χ4n) is 1.94. The standard InChI is InChI=1S/C10H22N2/c1-8(2)12-6-4-5-10(7-12)9(3)11/h8-10H,4-7,11H2,1-3H3. The molecule has 0 aromatic carbocycles. The zero-order valence-electron chi connectivity index (χ0n) is 8.59. The van der Waals surface area contributed by atoms with E-state index in [4.69, 9.17) is 5.73 Å². The molecule has 2 nitrogen and oxygen atoms in total. The van der Waals surface area contributed by atoms with E-state index in [-0.39, 0.29) is 0 Å². The van der Waals surface area contributed by atoms with E-state index in [9.17, 15) is 0 Å². The average molecular weight is 170 g/mol. The first-order valence-electron chi connectivity index (χ1n) is 5.11. The molecule has 1 heterocycles. The highest BCUT2D eigenvalue weighted by Crippen LogP contribution is 2.19. The molecule has 0 aliphatic carbocycles. The minimum Gasteiger partial charge on any atom is -0.328 e. The van der Waals surface area contributed by atoms with E-state index in [1.54, 1.807) is 0 Å². The van der Waals surface area contributed by atoms with Crippen LogP contribution in [0.15, 0.2) is 0 Å². The van der Waals surface area contributed by atoms with Gasteiger partial charge in [-0.25, -0.2) is 0 Å². The normalized spacial score (nSPS) is 29.2. The molecule has 1 rings (SSSR count). The SMILES string of the molecule is CC(N)C1CCCN(C(C)C)C1. The first-order valence-corrected chi connectivity index (χ1v) is 5.11. The minimum atomic E-state index is 0.367. The summed E-state index contributed by atoms with van der Waals surface area (Å²) in [6.45, 7) is 9.14. The molecule has 2 N–H and O–H groups in total. The highest BCUT2D eigenvalue weighted by Gasteiger charge is 2.23. The number of nitrogens with zero attached hydrogens (tertiary/aromatic N) is 1. The maximum absolute atomic E-state index is 5.90. The lowest BCUT2D eigenvalue weighted by Gasteiger charge is -2.37. The van der Waals surface area contributed by atoms with Crippen molar-refractivity contribution in [2.45, 2.75) is 45.7 Å². The molecule has 1 aliphatic heterocycles. The van der Waals surface area contributed by atoms with Crippen LogP contribution in [0.3, 0.4) is 0 Å². The van der Waals surface area contributed by atoms with Crippen LogP contribution in [0.25, 0.3) is 0 Å². The van der Waals surface area contributed by atoms with Gasteiger partial charge in [0, 0.05) is 18.6 Å². The lowest BCUT2D eigenvalue weighted by molar-refractivity contribution is 0.129. The average Bonchev–Trinajstić information content (AvgIpc) is 2.04. The number of nitrogens with two attached hydrogens (primary N) is 1. The topological polar surface area (TPSA) is 29.3 Å². The summed E-state index contributed by atoms with van der Waals surface area (Å²) in [7, 11) is 0. The largest absolute Gasteiger partial charge is 0.328 e. The Morgan fingerprint density at radius 2 is 2.00 bits per heavy atom. The predicted molar refractivity (Wildman–Crippen MR) is 53.1 cm³/mol. The van der Waals surface area contributed by atoms with Gasteiger partial charge < -0.3 is 10.6 Å². The Kier molecular flexibility index (Phi) is 3.53. The predicted octanol–water partition coefficient (Wildman–Crippen LogP) is 1.45. The molecular formula is C10H22N2. The van der Waals surface area contributed by atoms with Gasteiger partial charge in [0.15, 0.2) is 0 Å². The van der Waals surface area contributed by atoms with Crippen molar-refractivity contribution in [3.05, 3.63) is 0 Å². The van der Waals surface area contributed by atoms with Gasteiger partial charge in [0.2, 0.25) is 0 Å². The number of piperidine rings is 1. The molecule has 1 saturated heterocycles. The Labute approximate surface area is 76.1 Å². The van der Waals surface area contributed by atoms with Gasteiger partial charge in [0.25, 0.3) is 0 Å². The van der Waals surface area contributed by atoms with E-state index in [0.717, 1.165) is 5.92 Å². The van der Waals surface area contributed by atoms with Gasteiger partial charge in [-0.2, -0.15) is 0 Å². The Balaban J connectivity index is 2.40.